The summed E-state index contributed by atoms with van der Waals surface area (Å²) < 4.78 is 43.6. The van der Waals surface area contributed by atoms with Crippen molar-refractivity contribution in [2.24, 2.45) is 0 Å². The van der Waals surface area contributed by atoms with Gasteiger partial charge in [0.2, 0.25) is 0 Å². The van der Waals surface area contributed by atoms with Crippen LogP contribution >= 0.6 is 0 Å². The number of alkyl halides is 3. The van der Waals surface area contributed by atoms with Gasteiger partial charge in [-0.25, -0.2) is 4.79 Å². The van der Waals surface area contributed by atoms with Crippen molar-refractivity contribution in [3.63, 3.8) is 0 Å². The fourth-order valence-corrected chi connectivity index (χ4v) is 2.65. The summed E-state index contributed by atoms with van der Waals surface area (Å²) in [6, 6.07) is 2.49. The lowest BCUT2D eigenvalue weighted by Crippen LogP contribution is -2.43. The lowest BCUT2D eigenvalue weighted by atomic mass is 9.95. The van der Waals surface area contributed by atoms with E-state index < -0.39 is 23.8 Å². The van der Waals surface area contributed by atoms with Crippen molar-refractivity contribution < 1.29 is 22.7 Å². The number of nitrogens with one attached hydrogen (secondary N) is 2. The standard InChI is InChI=1S/C13H13F3N2O2/c14-13(15,16)7-3-4-8-9(6-7)17-12(19)18-11(8)10-2-1-5-20-10/h3-4,6,10-11H,1-2,5H2,(H2,17,18,19). The molecule has 0 spiro atoms. The Hall–Kier alpha value is -1.76. The highest BCUT2D eigenvalue weighted by molar-refractivity contribution is 5.93. The molecule has 20 heavy (non-hydrogen) atoms. The summed E-state index contributed by atoms with van der Waals surface area (Å²) >= 11 is 0. The summed E-state index contributed by atoms with van der Waals surface area (Å²) in [5.41, 5.74) is 0.0538. The van der Waals surface area contributed by atoms with Gasteiger partial charge in [0.1, 0.15) is 0 Å². The van der Waals surface area contributed by atoms with Crippen LogP contribution in [0.5, 0.6) is 0 Å². The Morgan fingerprint density at radius 3 is 2.75 bits per heavy atom. The first-order chi connectivity index (χ1) is 9.45. The molecule has 2 heterocycles. The van der Waals surface area contributed by atoms with E-state index >= 15 is 0 Å². The van der Waals surface area contributed by atoms with Crippen molar-refractivity contribution >= 4 is 11.7 Å². The second kappa shape index (κ2) is 4.66. The van der Waals surface area contributed by atoms with Crippen molar-refractivity contribution in [1.29, 1.82) is 0 Å². The summed E-state index contributed by atoms with van der Waals surface area (Å²) in [5.74, 6) is 0. The van der Waals surface area contributed by atoms with Gasteiger partial charge < -0.3 is 15.4 Å². The number of rotatable bonds is 1. The molecule has 0 saturated carbocycles. The SMILES string of the molecule is O=C1Nc2cc(C(F)(F)F)ccc2C(C2CCCO2)N1. The summed E-state index contributed by atoms with van der Waals surface area (Å²) in [5, 5.41) is 5.14. The molecular weight excluding hydrogens is 273 g/mol. The Balaban J connectivity index is 1.98. The van der Waals surface area contributed by atoms with Gasteiger partial charge in [-0.15, -0.1) is 0 Å². The van der Waals surface area contributed by atoms with Gasteiger partial charge in [-0.3, -0.25) is 0 Å². The summed E-state index contributed by atoms with van der Waals surface area (Å²) in [6.07, 6.45) is -2.94. The molecule has 2 aliphatic heterocycles. The maximum absolute atomic E-state index is 12.7. The molecule has 4 nitrogen and oxygen atoms in total. The largest absolute Gasteiger partial charge is 0.416 e. The van der Waals surface area contributed by atoms with E-state index in [1.165, 1.54) is 6.07 Å². The molecule has 0 radical (unpaired) electrons. The minimum Gasteiger partial charge on any atom is -0.376 e. The summed E-state index contributed by atoms with van der Waals surface area (Å²) in [4.78, 5) is 11.6. The van der Waals surface area contributed by atoms with Crippen molar-refractivity contribution in [2.75, 3.05) is 11.9 Å². The molecule has 0 bridgehead atoms. The van der Waals surface area contributed by atoms with Gasteiger partial charge in [0, 0.05) is 17.9 Å². The van der Waals surface area contributed by atoms with E-state index in [4.69, 9.17) is 4.74 Å². The van der Waals surface area contributed by atoms with Gasteiger partial charge in [-0.1, -0.05) is 6.07 Å². The van der Waals surface area contributed by atoms with Crippen LogP contribution in [-0.2, 0) is 10.9 Å². The molecule has 1 aromatic rings. The van der Waals surface area contributed by atoms with E-state index in [-0.39, 0.29) is 11.8 Å². The number of carbonyl (C=O) groups excluding carboxylic acids is 1. The van der Waals surface area contributed by atoms with Crippen LogP contribution < -0.4 is 10.6 Å². The Morgan fingerprint density at radius 1 is 1.30 bits per heavy atom. The van der Waals surface area contributed by atoms with Crippen LogP contribution in [0.3, 0.4) is 0 Å². The topological polar surface area (TPSA) is 50.4 Å². The van der Waals surface area contributed by atoms with E-state index in [2.05, 4.69) is 10.6 Å². The van der Waals surface area contributed by atoms with Crippen LogP contribution in [0.15, 0.2) is 18.2 Å². The first-order valence-electron chi connectivity index (χ1n) is 6.35. The Morgan fingerprint density at radius 2 is 2.10 bits per heavy atom. The Labute approximate surface area is 113 Å². The zero-order valence-electron chi connectivity index (χ0n) is 10.5. The predicted molar refractivity (Wildman–Crippen MR) is 65.3 cm³/mol. The van der Waals surface area contributed by atoms with Crippen LogP contribution in [0.1, 0.15) is 30.0 Å². The van der Waals surface area contributed by atoms with E-state index in [1.807, 2.05) is 0 Å². The van der Waals surface area contributed by atoms with Crippen LogP contribution in [0.2, 0.25) is 0 Å². The molecule has 1 fully saturated rings. The molecule has 0 aromatic heterocycles. The monoisotopic (exact) mass is 286 g/mol. The molecule has 3 rings (SSSR count). The first kappa shape index (κ1) is 13.2. The van der Waals surface area contributed by atoms with Gasteiger partial charge in [-0.05, 0) is 25.0 Å². The van der Waals surface area contributed by atoms with E-state index in [9.17, 15) is 18.0 Å². The lowest BCUT2D eigenvalue weighted by molar-refractivity contribution is -0.137. The summed E-state index contributed by atoms with van der Waals surface area (Å²) in [6.45, 7) is 0.612. The number of benzene rings is 1. The van der Waals surface area contributed by atoms with Crippen molar-refractivity contribution in [2.45, 2.75) is 31.2 Å². The highest BCUT2D eigenvalue weighted by Gasteiger charge is 2.36. The smallest absolute Gasteiger partial charge is 0.376 e. The maximum Gasteiger partial charge on any atom is 0.416 e. The molecule has 0 aliphatic carbocycles. The van der Waals surface area contributed by atoms with Gasteiger partial charge >= 0.3 is 12.2 Å². The molecule has 2 N–H and O–H groups in total. The zero-order valence-corrected chi connectivity index (χ0v) is 10.5. The molecule has 2 aliphatic rings. The zero-order chi connectivity index (χ0) is 14.3. The quantitative estimate of drug-likeness (QED) is 0.833. The number of hydrogen-bond donors (Lipinski definition) is 2. The number of anilines is 1. The van der Waals surface area contributed by atoms with Crippen LogP contribution in [0.25, 0.3) is 0 Å². The average molecular weight is 286 g/mol. The molecule has 2 amide bonds. The maximum atomic E-state index is 12.7. The molecule has 7 heteroatoms. The van der Waals surface area contributed by atoms with Crippen LogP contribution in [-0.4, -0.2) is 18.7 Å². The number of fused-ring (bicyclic) bond motifs is 1. The van der Waals surface area contributed by atoms with Crippen LogP contribution in [0.4, 0.5) is 23.7 Å². The molecule has 2 unspecified atom stereocenters. The number of ether oxygens (including phenoxy) is 1. The fraction of sp³-hybridized carbons (Fsp3) is 0.462. The van der Waals surface area contributed by atoms with Crippen molar-refractivity contribution in [1.82, 2.24) is 5.32 Å². The van der Waals surface area contributed by atoms with Gasteiger partial charge in [0.25, 0.3) is 0 Å². The number of halogens is 3. The van der Waals surface area contributed by atoms with Gasteiger partial charge in [0.15, 0.2) is 0 Å². The van der Waals surface area contributed by atoms with Gasteiger partial charge in [-0.2, -0.15) is 13.2 Å². The third-order valence-corrected chi connectivity index (χ3v) is 3.59. The lowest BCUT2D eigenvalue weighted by Gasteiger charge is -2.31. The van der Waals surface area contributed by atoms with Crippen molar-refractivity contribution in [3.8, 4) is 0 Å². The number of hydrogen-bond acceptors (Lipinski definition) is 2. The number of carbonyl (C=O) groups is 1. The first-order valence-corrected chi connectivity index (χ1v) is 6.35. The second-order valence-electron chi connectivity index (χ2n) is 4.93. The molecule has 1 aromatic carbocycles. The normalized spacial score (nSPS) is 25.9. The number of amides is 2. The minimum atomic E-state index is -4.43. The molecular formula is C13H13F3N2O2. The number of urea groups is 1. The molecule has 1 saturated heterocycles. The van der Waals surface area contributed by atoms with Crippen molar-refractivity contribution in [3.05, 3.63) is 29.3 Å². The Kier molecular flexibility index (Phi) is 3.08. The highest BCUT2D eigenvalue weighted by atomic mass is 19.4. The van der Waals surface area contributed by atoms with E-state index in [0.29, 0.717) is 12.2 Å². The fourth-order valence-electron chi connectivity index (χ4n) is 2.65. The van der Waals surface area contributed by atoms with Gasteiger partial charge in [0.05, 0.1) is 17.7 Å². The summed E-state index contributed by atoms with van der Waals surface area (Å²) in [7, 11) is 0. The third-order valence-electron chi connectivity index (χ3n) is 3.59. The second-order valence-corrected chi connectivity index (χ2v) is 4.93. The molecule has 2 atom stereocenters. The third kappa shape index (κ3) is 2.33. The van der Waals surface area contributed by atoms with Crippen LogP contribution in [0, 0.1) is 0 Å². The molecule has 108 valence electrons. The highest BCUT2D eigenvalue weighted by Crippen LogP contribution is 2.38. The van der Waals surface area contributed by atoms with E-state index in [0.717, 1.165) is 25.0 Å². The Bertz CT molecular complexity index is 539. The van der Waals surface area contributed by atoms with E-state index in [1.54, 1.807) is 0 Å². The average Bonchev–Trinajstić information content (AvgIpc) is 2.89. The minimum absolute atomic E-state index is 0.184. The predicted octanol–water partition coefficient (Wildman–Crippen LogP) is 3.06.